The summed E-state index contributed by atoms with van der Waals surface area (Å²) in [7, 11) is 0. The van der Waals surface area contributed by atoms with Gasteiger partial charge in [-0.2, -0.15) is 0 Å². The van der Waals surface area contributed by atoms with Crippen LogP contribution in [0.1, 0.15) is 18.5 Å². The third kappa shape index (κ3) is 4.03. The van der Waals surface area contributed by atoms with Crippen LogP contribution >= 0.6 is 0 Å². The van der Waals surface area contributed by atoms with Crippen LogP contribution < -0.4 is 5.32 Å². The monoisotopic (exact) mass is 292 g/mol. The first-order valence-corrected chi connectivity index (χ1v) is 7.04. The molecule has 0 saturated carbocycles. The summed E-state index contributed by atoms with van der Waals surface area (Å²) in [6.07, 6.45) is -0.621. The fourth-order valence-electron chi connectivity index (χ4n) is 2.32. The van der Waals surface area contributed by atoms with Crippen LogP contribution in [0.15, 0.2) is 30.3 Å². The normalized spacial score (nSPS) is 20.7. The fraction of sp³-hybridized carbons (Fsp3) is 0.467. The number of hydrogen-bond acceptors (Lipinski definition) is 4. The molecule has 1 aliphatic heterocycles. The smallest absolute Gasteiger partial charge is 0.330 e. The number of carboxylic acid groups (broad SMARTS) is 1. The number of carboxylic acids is 1. The highest BCUT2D eigenvalue weighted by atomic mass is 16.5. The number of benzene rings is 1. The molecule has 0 spiro atoms. The van der Waals surface area contributed by atoms with Crippen molar-refractivity contribution < 1.29 is 19.4 Å². The lowest BCUT2D eigenvalue weighted by molar-refractivity contribution is -0.146. The Morgan fingerprint density at radius 3 is 2.76 bits per heavy atom. The molecule has 1 amide bonds. The third-order valence-corrected chi connectivity index (χ3v) is 3.56. The Kier molecular flexibility index (Phi) is 5.30. The molecule has 2 N–H and O–H groups in total. The van der Waals surface area contributed by atoms with Crippen molar-refractivity contribution >= 4 is 11.9 Å². The lowest BCUT2D eigenvalue weighted by Crippen LogP contribution is -2.51. The van der Waals surface area contributed by atoms with Crippen LogP contribution in [0.3, 0.4) is 0 Å². The molecule has 21 heavy (non-hydrogen) atoms. The topological polar surface area (TPSA) is 78.9 Å². The molecule has 0 aromatic heterocycles. The van der Waals surface area contributed by atoms with Crippen LogP contribution in [0.5, 0.6) is 0 Å². The average molecular weight is 292 g/mol. The van der Waals surface area contributed by atoms with Crippen molar-refractivity contribution in [3.05, 3.63) is 35.9 Å². The van der Waals surface area contributed by atoms with Crippen molar-refractivity contribution in [2.75, 3.05) is 26.2 Å². The first-order chi connectivity index (χ1) is 10.1. The molecule has 1 fully saturated rings. The molecule has 1 aliphatic rings. The minimum absolute atomic E-state index is 0.385. The molecule has 0 radical (unpaired) electrons. The van der Waals surface area contributed by atoms with Gasteiger partial charge in [-0.05, 0) is 12.1 Å². The van der Waals surface area contributed by atoms with E-state index >= 15 is 0 Å². The number of nitrogens with one attached hydrogen (secondary N) is 1. The number of hydrogen-bond donors (Lipinski definition) is 2. The molecular weight excluding hydrogens is 272 g/mol. The standard InChI is InChI=1S/C15H20N2O4/c1-2-17-8-9-21-12(10-17)14(18)16-13(15(19)20)11-6-4-3-5-7-11/h3-7,12-13H,2,8-10H2,1H3,(H,16,18)(H,19,20)/t12?,13-/m1/s1. The van der Waals surface area contributed by atoms with E-state index in [1.54, 1.807) is 30.3 Å². The molecule has 1 aromatic rings. The number of ether oxygens (including phenoxy) is 1. The maximum Gasteiger partial charge on any atom is 0.330 e. The number of aliphatic carboxylic acids is 1. The van der Waals surface area contributed by atoms with Gasteiger partial charge < -0.3 is 15.2 Å². The molecule has 6 nitrogen and oxygen atoms in total. The molecule has 1 unspecified atom stereocenters. The molecule has 1 heterocycles. The van der Waals surface area contributed by atoms with Gasteiger partial charge in [0, 0.05) is 13.1 Å². The Hall–Kier alpha value is -1.92. The zero-order valence-corrected chi connectivity index (χ0v) is 12.0. The molecular formula is C15H20N2O4. The van der Waals surface area contributed by atoms with Crippen LogP contribution in [0, 0.1) is 0 Å². The SMILES string of the molecule is CCN1CCOC(C(=O)N[C@@H](C(=O)O)c2ccccc2)C1. The molecule has 6 heteroatoms. The number of likely N-dealkylation sites (N-methyl/N-ethyl adjacent to an activating group) is 1. The zero-order valence-electron chi connectivity index (χ0n) is 12.0. The van der Waals surface area contributed by atoms with Crippen LogP contribution in [0.25, 0.3) is 0 Å². The van der Waals surface area contributed by atoms with E-state index < -0.39 is 18.1 Å². The third-order valence-electron chi connectivity index (χ3n) is 3.56. The Bertz CT molecular complexity index is 492. The highest BCUT2D eigenvalue weighted by molar-refractivity contribution is 5.87. The number of morpholine rings is 1. The number of nitrogens with zero attached hydrogens (tertiary/aromatic N) is 1. The van der Waals surface area contributed by atoms with Crippen molar-refractivity contribution in [3.63, 3.8) is 0 Å². The van der Waals surface area contributed by atoms with E-state index in [9.17, 15) is 14.7 Å². The van der Waals surface area contributed by atoms with Gasteiger partial charge in [-0.15, -0.1) is 0 Å². The maximum absolute atomic E-state index is 12.2. The lowest BCUT2D eigenvalue weighted by atomic mass is 10.1. The van der Waals surface area contributed by atoms with E-state index in [0.29, 0.717) is 18.7 Å². The zero-order chi connectivity index (χ0) is 15.2. The second-order valence-corrected chi connectivity index (χ2v) is 4.94. The van der Waals surface area contributed by atoms with Crippen LogP contribution in [0.4, 0.5) is 0 Å². The minimum Gasteiger partial charge on any atom is -0.479 e. The number of carbonyl (C=O) groups excluding carboxylic acids is 1. The molecule has 2 rings (SSSR count). The summed E-state index contributed by atoms with van der Waals surface area (Å²) >= 11 is 0. The molecule has 0 bridgehead atoms. The van der Waals surface area contributed by atoms with Crippen molar-refractivity contribution in [1.82, 2.24) is 10.2 Å². The number of amides is 1. The van der Waals surface area contributed by atoms with Gasteiger partial charge >= 0.3 is 5.97 Å². The van der Waals surface area contributed by atoms with Gasteiger partial charge in [0.25, 0.3) is 5.91 Å². The molecule has 1 aromatic carbocycles. The fourth-order valence-corrected chi connectivity index (χ4v) is 2.32. The van der Waals surface area contributed by atoms with Gasteiger partial charge in [-0.25, -0.2) is 4.79 Å². The van der Waals surface area contributed by atoms with Crippen LogP contribution in [-0.2, 0) is 14.3 Å². The quantitative estimate of drug-likeness (QED) is 0.833. The molecule has 1 saturated heterocycles. The Balaban J connectivity index is 2.03. The molecule has 114 valence electrons. The van der Waals surface area contributed by atoms with E-state index in [0.717, 1.165) is 13.1 Å². The highest BCUT2D eigenvalue weighted by Gasteiger charge is 2.30. The summed E-state index contributed by atoms with van der Waals surface area (Å²) in [5, 5.41) is 11.9. The van der Waals surface area contributed by atoms with E-state index in [2.05, 4.69) is 10.2 Å². The summed E-state index contributed by atoms with van der Waals surface area (Å²) in [5.74, 6) is -1.47. The van der Waals surface area contributed by atoms with Gasteiger partial charge in [-0.3, -0.25) is 9.69 Å². The largest absolute Gasteiger partial charge is 0.479 e. The van der Waals surface area contributed by atoms with Gasteiger partial charge in [0.05, 0.1) is 6.61 Å². The van der Waals surface area contributed by atoms with Gasteiger partial charge in [0.1, 0.15) is 6.10 Å². The number of rotatable bonds is 5. The minimum atomic E-state index is -1.09. The second kappa shape index (κ2) is 7.19. The first kappa shape index (κ1) is 15.5. The van der Waals surface area contributed by atoms with E-state index in [1.165, 1.54) is 0 Å². The Morgan fingerprint density at radius 1 is 1.43 bits per heavy atom. The van der Waals surface area contributed by atoms with Crippen LogP contribution in [-0.4, -0.2) is 54.2 Å². The Labute approximate surface area is 123 Å². The molecule has 0 aliphatic carbocycles. The summed E-state index contributed by atoms with van der Waals surface area (Å²) in [6, 6.07) is 7.59. The summed E-state index contributed by atoms with van der Waals surface area (Å²) < 4.78 is 5.44. The van der Waals surface area contributed by atoms with Gasteiger partial charge in [0.15, 0.2) is 6.04 Å². The number of carbonyl (C=O) groups is 2. The second-order valence-electron chi connectivity index (χ2n) is 4.94. The van der Waals surface area contributed by atoms with Crippen molar-refractivity contribution in [3.8, 4) is 0 Å². The average Bonchev–Trinajstić information content (AvgIpc) is 2.53. The predicted molar refractivity (Wildman–Crippen MR) is 76.8 cm³/mol. The summed E-state index contributed by atoms with van der Waals surface area (Å²) in [4.78, 5) is 25.7. The van der Waals surface area contributed by atoms with Crippen molar-refractivity contribution in [2.45, 2.75) is 19.1 Å². The van der Waals surface area contributed by atoms with Crippen molar-refractivity contribution in [2.24, 2.45) is 0 Å². The summed E-state index contributed by atoms with van der Waals surface area (Å²) in [6.45, 7) is 4.62. The molecule has 2 atom stereocenters. The van der Waals surface area contributed by atoms with Gasteiger partial charge in [-0.1, -0.05) is 37.3 Å². The van der Waals surface area contributed by atoms with Crippen LogP contribution in [0.2, 0.25) is 0 Å². The maximum atomic E-state index is 12.2. The first-order valence-electron chi connectivity index (χ1n) is 7.04. The van der Waals surface area contributed by atoms with Crippen molar-refractivity contribution in [1.29, 1.82) is 0 Å². The Morgan fingerprint density at radius 2 is 2.14 bits per heavy atom. The van der Waals surface area contributed by atoms with E-state index in [1.807, 2.05) is 6.92 Å². The predicted octanol–water partition coefficient (Wildman–Crippen LogP) is 0.649. The highest BCUT2D eigenvalue weighted by Crippen LogP contribution is 2.14. The summed E-state index contributed by atoms with van der Waals surface area (Å²) in [5.41, 5.74) is 0.543. The van der Waals surface area contributed by atoms with E-state index in [-0.39, 0.29) is 5.91 Å². The van der Waals surface area contributed by atoms with E-state index in [4.69, 9.17) is 4.74 Å². The van der Waals surface area contributed by atoms with Gasteiger partial charge in [0.2, 0.25) is 0 Å². The lowest BCUT2D eigenvalue weighted by Gasteiger charge is -2.31.